The van der Waals surface area contributed by atoms with Crippen LogP contribution in [0.25, 0.3) is 11.1 Å². The Balaban J connectivity index is 1.95. The number of halogens is 1. The first-order chi connectivity index (χ1) is 10.7. The van der Waals surface area contributed by atoms with Gasteiger partial charge in [0.1, 0.15) is 11.6 Å². The molecule has 5 heteroatoms. The van der Waals surface area contributed by atoms with E-state index >= 15 is 0 Å². The molecule has 0 amide bonds. The predicted octanol–water partition coefficient (Wildman–Crippen LogP) is 3.11. The first kappa shape index (κ1) is 15.3. The molecule has 0 bridgehead atoms. The quantitative estimate of drug-likeness (QED) is 0.943. The second-order valence-corrected chi connectivity index (χ2v) is 6.62. The number of hydrogen-bond donors (Lipinski definition) is 1. The molecule has 3 nitrogen and oxygen atoms in total. The summed E-state index contributed by atoms with van der Waals surface area (Å²) in [4.78, 5) is 6.63. The molecular formula is C17H19FN2OS. The van der Waals surface area contributed by atoms with Crippen molar-refractivity contribution >= 4 is 17.6 Å². The molecule has 1 aromatic heterocycles. The zero-order chi connectivity index (χ0) is 15.5. The van der Waals surface area contributed by atoms with Crippen LogP contribution in [0.2, 0.25) is 0 Å². The summed E-state index contributed by atoms with van der Waals surface area (Å²) in [5.41, 5.74) is 2.94. The monoisotopic (exact) mass is 318 g/mol. The number of nitrogens with zero attached hydrogens (tertiary/aromatic N) is 2. The topological polar surface area (TPSA) is 36.4 Å². The first-order valence-corrected chi connectivity index (χ1v) is 8.52. The van der Waals surface area contributed by atoms with Gasteiger partial charge in [-0.3, -0.25) is 0 Å². The minimum Gasteiger partial charge on any atom is -0.394 e. The first-order valence-electron chi connectivity index (χ1n) is 7.37. The lowest BCUT2D eigenvalue weighted by Gasteiger charge is -2.35. The molecule has 116 valence electrons. The van der Waals surface area contributed by atoms with Gasteiger partial charge in [-0.25, -0.2) is 9.37 Å². The van der Waals surface area contributed by atoms with E-state index in [-0.39, 0.29) is 18.5 Å². The molecule has 1 fully saturated rings. The third-order valence-electron chi connectivity index (χ3n) is 3.98. The molecule has 3 rings (SSSR count). The van der Waals surface area contributed by atoms with Gasteiger partial charge in [0.15, 0.2) is 0 Å². The number of aliphatic hydroxyl groups is 1. The van der Waals surface area contributed by atoms with E-state index in [1.165, 1.54) is 6.07 Å². The number of hydrogen-bond acceptors (Lipinski definition) is 4. The second kappa shape index (κ2) is 6.67. The van der Waals surface area contributed by atoms with Crippen LogP contribution >= 0.6 is 11.8 Å². The molecular weight excluding hydrogens is 299 g/mol. The molecule has 1 atom stereocenters. The Labute approximate surface area is 134 Å². The molecule has 1 saturated heterocycles. The van der Waals surface area contributed by atoms with Crippen molar-refractivity contribution in [2.24, 2.45) is 0 Å². The Morgan fingerprint density at radius 2 is 2.23 bits per heavy atom. The van der Waals surface area contributed by atoms with Gasteiger partial charge in [0.25, 0.3) is 0 Å². The van der Waals surface area contributed by atoms with Crippen molar-refractivity contribution < 1.29 is 9.50 Å². The Bertz CT molecular complexity index is 665. The van der Waals surface area contributed by atoms with E-state index in [0.717, 1.165) is 40.6 Å². The van der Waals surface area contributed by atoms with Crippen LogP contribution in [0.5, 0.6) is 0 Å². The van der Waals surface area contributed by atoms with E-state index < -0.39 is 0 Å². The number of thioether (sulfide) groups is 1. The zero-order valence-corrected chi connectivity index (χ0v) is 13.3. The van der Waals surface area contributed by atoms with Crippen LogP contribution in [0.3, 0.4) is 0 Å². The zero-order valence-electron chi connectivity index (χ0n) is 12.5. The summed E-state index contributed by atoms with van der Waals surface area (Å²) in [5.74, 6) is 2.61. The molecule has 0 radical (unpaired) electrons. The van der Waals surface area contributed by atoms with Gasteiger partial charge in [0.2, 0.25) is 0 Å². The number of benzene rings is 1. The SMILES string of the molecule is Cc1cc(F)ccc1-c1ccnc(N2CCSCC2CO)c1. The lowest BCUT2D eigenvalue weighted by Crippen LogP contribution is -2.45. The fourth-order valence-electron chi connectivity index (χ4n) is 2.80. The Morgan fingerprint density at radius 3 is 3.00 bits per heavy atom. The Morgan fingerprint density at radius 1 is 1.36 bits per heavy atom. The highest BCUT2D eigenvalue weighted by Crippen LogP contribution is 2.29. The van der Waals surface area contributed by atoms with Gasteiger partial charge < -0.3 is 10.0 Å². The number of anilines is 1. The fourth-order valence-corrected chi connectivity index (χ4v) is 3.85. The fraction of sp³-hybridized carbons (Fsp3) is 0.353. The second-order valence-electron chi connectivity index (χ2n) is 5.47. The van der Waals surface area contributed by atoms with E-state index in [1.807, 2.05) is 30.8 Å². The van der Waals surface area contributed by atoms with Crippen LogP contribution in [0.4, 0.5) is 10.2 Å². The lowest BCUT2D eigenvalue weighted by molar-refractivity contribution is 0.268. The van der Waals surface area contributed by atoms with Gasteiger partial charge in [-0.2, -0.15) is 11.8 Å². The van der Waals surface area contributed by atoms with Gasteiger partial charge in [-0.1, -0.05) is 6.07 Å². The van der Waals surface area contributed by atoms with Crippen molar-refractivity contribution in [2.45, 2.75) is 13.0 Å². The Kier molecular flexibility index (Phi) is 4.64. The summed E-state index contributed by atoms with van der Waals surface area (Å²) < 4.78 is 13.3. The molecule has 1 aromatic carbocycles. The number of aliphatic hydroxyl groups excluding tert-OH is 1. The molecule has 1 N–H and O–H groups in total. The average molecular weight is 318 g/mol. The van der Waals surface area contributed by atoms with Crippen LogP contribution in [-0.2, 0) is 0 Å². The standard InChI is InChI=1S/C17H19FN2OS/c1-12-8-14(18)2-3-16(12)13-4-5-19-17(9-13)20-6-7-22-11-15(20)10-21/h2-5,8-9,15,21H,6-7,10-11H2,1H3. The van der Waals surface area contributed by atoms with Crippen LogP contribution in [-0.4, -0.2) is 40.8 Å². The van der Waals surface area contributed by atoms with Crippen molar-refractivity contribution in [1.82, 2.24) is 4.98 Å². The smallest absolute Gasteiger partial charge is 0.129 e. The Hall–Kier alpha value is -1.59. The molecule has 0 saturated carbocycles. The summed E-state index contributed by atoms with van der Waals surface area (Å²) in [5, 5.41) is 9.56. The van der Waals surface area contributed by atoms with E-state index in [9.17, 15) is 9.50 Å². The highest BCUT2D eigenvalue weighted by Gasteiger charge is 2.23. The molecule has 2 aromatic rings. The van der Waals surface area contributed by atoms with Crippen LogP contribution < -0.4 is 4.90 Å². The highest BCUT2D eigenvalue weighted by atomic mass is 32.2. The summed E-state index contributed by atoms with van der Waals surface area (Å²) in [6.07, 6.45) is 1.78. The van der Waals surface area contributed by atoms with Gasteiger partial charge in [-0.15, -0.1) is 0 Å². The summed E-state index contributed by atoms with van der Waals surface area (Å²) in [7, 11) is 0. The summed E-state index contributed by atoms with van der Waals surface area (Å²) in [6, 6.07) is 8.91. The van der Waals surface area contributed by atoms with E-state index in [4.69, 9.17) is 0 Å². The molecule has 22 heavy (non-hydrogen) atoms. The largest absolute Gasteiger partial charge is 0.394 e. The molecule has 2 heterocycles. The summed E-state index contributed by atoms with van der Waals surface area (Å²) in [6.45, 7) is 2.93. The third kappa shape index (κ3) is 3.10. The van der Waals surface area contributed by atoms with Crippen LogP contribution in [0.1, 0.15) is 5.56 Å². The van der Waals surface area contributed by atoms with Crippen LogP contribution in [0.15, 0.2) is 36.5 Å². The van der Waals surface area contributed by atoms with E-state index in [1.54, 1.807) is 18.3 Å². The predicted molar refractivity (Wildman–Crippen MR) is 89.9 cm³/mol. The molecule has 0 aliphatic carbocycles. The molecule has 1 unspecified atom stereocenters. The van der Waals surface area contributed by atoms with Gasteiger partial charge >= 0.3 is 0 Å². The van der Waals surface area contributed by atoms with E-state index in [2.05, 4.69) is 9.88 Å². The van der Waals surface area contributed by atoms with Crippen LogP contribution in [0, 0.1) is 12.7 Å². The maximum Gasteiger partial charge on any atom is 0.129 e. The number of rotatable bonds is 3. The number of aromatic nitrogens is 1. The molecule has 0 spiro atoms. The minimum absolute atomic E-state index is 0.107. The maximum atomic E-state index is 13.3. The third-order valence-corrected chi connectivity index (χ3v) is 5.07. The van der Waals surface area contributed by atoms with E-state index in [0.29, 0.717) is 0 Å². The maximum absolute atomic E-state index is 13.3. The van der Waals surface area contributed by atoms with Gasteiger partial charge in [0.05, 0.1) is 12.6 Å². The van der Waals surface area contributed by atoms with Crippen molar-refractivity contribution in [3.63, 3.8) is 0 Å². The minimum atomic E-state index is -0.219. The van der Waals surface area contributed by atoms with Crippen molar-refractivity contribution in [3.05, 3.63) is 47.9 Å². The number of aryl methyl sites for hydroxylation is 1. The lowest BCUT2D eigenvalue weighted by atomic mass is 10.0. The van der Waals surface area contributed by atoms with Crippen molar-refractivity contribution in [1.29, 1.82) is 0 Å². The van der Waals surface area contributed by atoms with Gasteiger partial charge in [-0.05, 0) is 47.9 Å². The van der Waals surface area contributed by atoms with Crippen molar-refractivity contribution in [3.8, 4) is 11.1 Å². The number of pyridine rings is 1. The molecule has 1 aliphatic rings. The summed E-state index contributed by atoms with van der Waals surface area (Å²) >= 11 is 1.86. The highest BCUT2D eigenvalue weighted by molar-refractivity contribution is 7.99. The average Bonchev–Trinajstić information content (AvgIpc) is 2.55. The van der Waals surface area contributed by atoms with Crippen molar-refractivity contribution in [2.75, 3.05) is 29.6 Å². The normalized spacial score (nSPS) is 18.5. The van der Waals surface area contributed by atoms with Gasteiger partial charge in [0, 0.05) is 24.2 Å². The molecule has 1 aliphatic heterocycles.